The van der Waals surface area contributed by atoms with Gasteiger partial charge in [-0.25, -0.2) is 19.2 Å². The molecule has 3 heterocycles. The second kappa shape index (κ2) is 9.48. The topological polar surface area (TPSA) is 89.5 Å². The third-order valence-electron chi connectivity index (χ3n) is 4.86. The number of carbonyl (C=O) groups is 1. The Hall–Kier alpha value is -3.59. The van der Waals surface area contributed by atoms with E-state index in [1.165, 1.54) is 19.2 Å². The third-order valence-corrected chi connectivity index (χ3v) is 4.86. The summed E-state index contributed by atoms with van der Waals surface area (Å²) in [4.78, 5) is 27.2. The van der Waals surface area contributed by atoms with Gasteiger partial charge in [-0.15, -0.1) is 0 Å². The van der Waals surface area contributed by atoms with Gasteiger partial charge >= 0.3 is 6.09 Å². The van der Waals surface area contributed by atoms with Gasteiger partial charge in [0.05, 0.1) is 31.9 Å². The first-order valence-electron chi connectivity index (χ1n) is 9.85. The predicted octanol–water partition coefficient (Wildman–Crippen LogP) is 3.60. The van der Waals surface area contributed by atoms with Gasteiger partial charge in [0, 0.05) is 42.8 Å². The first kappa shape index (κ1) is 20.7. The van der Waals surface area contributed by atoms with Crippen LogP contribution in [0.5, 0.6) is 0 Å². The van der Waals surface area contributed by atoms with Gasteiger partial charge in [-0.1, -0.05) is 6.07 Å². The van der Waals surface area contributed by atoms with Gasteiger partial charge in [0.25, 0.3) is 0 Å². The smallest absolute Gasteiger partial charge is 0.409 e. The monoisotopic (exact) mass is 423 g/mol. The largest absolute Gasteiger partial charge is 0.453 e. The number of nitrogens with zero attached hydrogens (tertiary/aromatic N) is 4. The number of halogens is 1. The van der Waals surface area contributed by atoms with Crippen LogP contribution in [0.2, 0.25) is 0 Å². The van der Waals surface area contributed by atoms with Gasteiger partial charge in [0.2, 0.25) is 0 Å². The van der Waals surface area contributed by atoms with E-state index in [0.29, 0.717) is 49.3 Å². The number of nitrogens with one attached hydrogen (secondary N) is 1. The highest BCUT2D eigenvalue weighted by Crippen LogP contribution is 2.26. The molecule has 0 saturated carbocycles. The van der Waals surface area contributed by atoms with E-state index in [2.05, 4.69) is 15.3 Å². The first-order chi connectivity index (χ1) is 15.1. The van der Waals surface area contributed by atoms with Crippen molar-refractivity contribution in [2.75, 3.05) is 38.7 Å². The van der Waals surface area contributed by atoms with E-state index in [4.69, 9.17) is 14.5 Å². The van der Waals surface area contributed by atoms with Crippen molar-refractivity contribution in [1.82, 2.24) is 19.9 Å². The molecule has 0 aliphatic carbocycles. The zero-order valence-electron chi connectivity index (χ0n) is 17.0. The number of carbonyl (C=O) groups excluding carboxylic acids is 1. The zero-order valence-corrected chi connectivity index (χ0v) is 17.0. The molecule has 3 aromatic rings. The molecule has 1 amide bonds. The third kappa shape index (κ3) is 5.13. The molecule has 1 aliphatic heterocycles. The minimum atomic E-state index is -0.419. The van der Waals surface area contributed by atoms with Crippen molar-refractivity contribution in [3.05, 3.63) is 66.5 Å². The van der Waals surface area contributed by atoms with Crippen LogP contribution in [0.1, 0.15) is 11.7 Å². The molecule has 0 radical (unpaired) electrons. The Kier molecular flexibility index (Phi) is 6.32. The molecule has 1 atom stereocenters. The minimum absolute atomic E-state index is 0.258. The highest BCUT2D eigenvalue weighted by Gasteiger charge is 2.27. The van der Waals surface area contributed by atoms with Crippen molar-refractivity contribution >= 4 is 17.6 Å². The molecule has 1 unspecified atom stereocenters. The van der Waals surface area contributed by atoms with Gasteiger partial charge in [-0.05, 0) is 30.3 Å². The second-order valence-corrected chi connectivity index (χ2v) is 7.06. The highest BCUT2D eigenvalue weighted by molar-refractivity contribution is 5.68. The first-order valence-corrected chi connectivity index (χ1v) is 9.85. The van der Waals surface area contributed by atoms with Crippen LogP contribution in [-0.2, 0) is 9.47 Å². The molecular formula is C22H22FN5O3. The Morgan fingerprint density at radius 1 is 1.26 bits per heavy atom. The summed E-state index contributed by atoms with van der Waals surface area (Å²) in [7, 11) is 1.35. The predicted molar refractivity (Wildman–Crippen MR) is 112 cm³/mol. The van der Waals surface area contributed by atoms with Crippen LogP contribution in [0.25, 0.3) is 11.3 Å². The average molecular weight is 423 g/mol. The summed E-state index contributed by atoms with van der Waals surface area (Å²) in [5.41, 5.74) is 2.04. The number of benzene rings is 1. The Bertz CT molecular complexity index is 1050. The number of aromatic nitrogens is 3. The number of pyridine rings is 1. The number of ether oxygens (including phenoxy) is 2. The van der Waals surface area contributed by atoms with Gasteiger partial charge in [-0.3, -0.25) is 4.98 Å². The standard InChI is InChI=1S/C22H22FN5O3/c1-30-22(29)28-8-9-31-14-16(13-28)21-26-19(15-4-3-7-24-12-15)11-20(27-21)25-18-6-2-5-17(23)10-18/h2-7,10-12,16H,8-9,13-14H2,1H3,(H,25,26,27). The van der Waals surface area contributed by atoms with Crippen LogP contribution in [0.4, 0.5) is 20.7 Å². The molecule has 1 N–H and O–H groups in total. The zero-order chi connectivity index (χ0) is 21.6. The van der Waals surface area contributed by atoms with Crippen molar-refractivity contribution in [2.45, 2.75) is 5.92 Å². The Morgan fingerprint density at radius 2 is 2.16 bits per heavy atom. The van der Waals surface area contributed by atoms with E-state index < -0.39 is 6.09 Å². The molecule has 4 rings (SSSR count). The lowest BCUT2D eigenvalue weighted by Crippen LogP contribution is -2.35. The summed E-state index contributed by atoms with van der Waals surface area (Å²) in [5.74, 6) is 0.406. The molecule has 1 aromatic carbocycles. The molecule has 31 heavy (non-hydrogen) atoms. The van der Waals surface area contributed by atoms with Gasteiger partial charge < -0.3 is 19.7 Å². The minimum Gasteiger partial charge on any atom is -0.453 e. The number of rotatable bonds is 4. The molecule has 2 aromatic heterocycles. The lowest BCUT2D eigenvalue weighted by atomic mass is 10.1. The van der Waals surface area contributed by atoms with Crippen LogP contribution < -0.4 is 5.32 Å². The summed E-state index contributed by atoms with van der Waals surface area (Å²) in [6, 6.07) is 11.6. The number of anilines is 2. The van der Waals surface area contributed by atoms with Crippen LogP contribution >= 0.6 is 0 Å². The maximum absolute atomic E-state index is 13.6. The number of amides is 1. The Labute approximate surface area is 179 Å². The second-order valence-electron chi connectivity index (χ2n) is 7.06. The van der Waals surface area contributed by atoms with E-state index >= 15 is 0 Å². The van der Waals surface area contributed by atoms with Crippen LogP contribution in [0.15, 0.2) is 54.9 Å². The molecule has 1 fully saturated rings. The van der Waals surface area contributed by atoms with Gasteiger partial charge in [-0.2, -0.15) is 0 Å². The number of hydrogen-bond donors (Lipinski definition) is 1. The number of methoxy groups -OCH3 is 1. The SMILES string of the molecule is COC(=O)N1CCOCC(c2nc(Nc3cccc(F)c3)cc(-c3cccnc3)n2)C1. The van der Waals surface area contributed by atoms with Crippen molar-refractivity contribution in [3.8, 4) is 11.3 Å². The van der Waals surface area contributed by atoms with Gasteiger partial charge in [0.15, 0.2) is 0 Å². The fraction of sp³-hybridized carbons (Fsp3) is 0.273. The molecular weight excluding hydrogens is 401 g/mol. The van der Waals surface area contributed by atoms with E-state index in [1.54, 1.807) is 35.5 Å². The van der Waals surface area contributed by atoms with E-state index in [1.807, 2.05) is 12.1 Å². The van der Waals surface area contributed by atoms with Crippen LogP contribution in [0, 0.1) is 5.82 Å². The fourth-order valence-electron chi connectivity index (χ4n) is 3.35. The Morgan fingerprint density at radius 3 is 2.94 bits per heavy atom. The molecule has 160 valence electrons. The van der Waals surface area contributed by atoms with Crippen molar-refractivity contribution in [1.29, 1.82) is 0 Å². The lowest BCUT2D eigenvalue weighted by Gasteiger charge is -2.22. The number of hydrogen-bond acceptors (Lipinski definition) is 7. The fourth-order valence-corrected chi connectivity index (χ4v) is 3.35. The highest BCUT2D eigenvalue weighted by atomic mass is 19.1. The average Bonchev–Trinajstić information content (AvgIpc) is 3.05. The molecule has 1 saturated heterocycles. The van der Waals surface area contributed by atoms with Crippen molar-refractivity contribution in [3.63, 3.8) is 0 Å². The summed E-state index contributed by atoms with van der Waals surface area (Å²) >= 11 is 0. The van der Waals surface area contributed by atoms with E-state index in [9.17, 15) is 9.18 Å². The summed E-state index contributed by atoms with van der Waals surface area (Å²) in [5, 5.41) is 3.14. The molecule has 0 bridgehead atoms. The lowest BCUT2D eigenvalue weighted by molar-refractivity contribution is 0.114. The van der Waals surface area contributed by atoms with Crippen molar-refractivity contribution in [2.24, 2.45) is 0 Å². The molecule has 9 heteroatoms. The van der Waals surface area contributed by atoms with Crippen molar-refractivity contribution < 1.29 is 18.7 Å². The summed E-state index contributed by atoms with van der Waals surface area (Å²) in [6.45, 7) is 1.56. The summed E-state index contributed by atoms with van der Waals surface area (Å²) < 4.78 is 24.2. The Balaban J connectivity index is 1.71. The van der Waals surface area contributed by atoms with Crippen LogP contribution in [-0.4, -0.2) is 59.4 Å². The maximum atomic E-state index is 13.6. The van der Waals surface area contributed by atoms with E-state index in [-0.39, 0.29) is 11.7 Å². The van der Waals surface area contributed by atoms with Gasteiger partial charge in [0.1, 0.15) is 17.5 Å². The van der Waals surface area contributed by atoms with Crippen LogP contribution in [0.3, 0.4) is 0 Å². The molecule has 0 spiro atoms. The normalized spacial score (nSPS) is 16.5. The quantitative estimate of drug-likeness (QED) is 0.686. The maximum Gasteiger partial charge on any atom is 0.409 e. The molecule has 8 nitrogen and oxygen atoms in total. The molecule has 1 aliphatic rings. The summed E-state index contributed by atoms with van der Waals surface area (Å²) in [6.07, 6.45) is 2.98. The van der Waals surface area contributed by atoms with E-state index in [0.717, 1.165) is 5.56 Å².